The number of carbonyl (C=O) groups is 1. The Kier molecular flexibility index (Phi) is 5.67. The highest BCUT2D eigenvalue weighted by atomic mass is 32.2. The lowest BCUT2D eigenvalue weighted by molar-refractivity contribution is -0.117. The van der Waals surface area contributed by atoms with Crippen LogP contribution in [0.25, 0.3) is 0 Å². The Morgan fingerprint density at radius 2 is 1.90 bits per heavy atom. The molecule has 1 aliphatic carbocycles. The van der Waals surface area contributed by atoms with Crippen molar-refractivity contribution in [2.24, 2.45) is 5.92 Å². The minimum absolute atomic E-state index is 0.217. The second-order valence-electron chi connectivity index (χ2n) is 7.72. The Morgan fingerprint density at radius 3 is 2.55 bits per heavy atom. The van der Waals surface area contributed by atoms with Crippen LogP contribution in [0.1, 0.15) is 52.1 Å². The smallest absolute Gasteiger partial charge is 0.227 e. The van der Waals surface area contributed by atoms with Crippen LogP contribution in [-0.4, -0.2) is 39.4 Å². The van der Waals surface area contributed by atoms with Gasteiger partial charge < -0.3 is 10.2 Å². The molecule has 0 fully saturated rings. The lowest BCUT2D eigenvalue weighted by Gasteiger charge is -2.34. The van der Waals surface area contributed by atoms with E-state index in [1.165, 1.54) is 5.69 Å². The first kappa shape index (κ1) is 20.0. The van der Waals surface area contributed by atoms with Crippen molar-refractivity contribution in [3.05, 3.63) is 41.1 Å². The molecule has 7 heteroatoms. The SMILES string of the molecule is CCSc1nc2n(n1)[C@@H](c1ccc(N(CC)CC)cc1)C1=C(C[C@@H](C)CC1=O)N2. The molecule has 0 spiro atoms. The van der Waals surface area contributed by atoms with E-state index >= 15 is 0 Å². The fraction of sp³-hybridized carbons (Fsp3) is 0.500. The maximum absolute atomic E-state index is 13.1. The summed E-state index contributed by atoms with van der Waals surface area (Å²) in [6.07, 6.45) is 1.47. The van der Waals surface area contributed by atoms with E-state index in [0.717, 1.165) is 53.2 Å². The largest absolute Gasteiger partial charge is 0.372 e. The van der Waals surface area contributed by atoms with Gasteiger partial charge in [-0.15, -0.1) is 5.10 Å². The van der Waals surface area contributed by atoms with E-state index in [1.54, 1.807) is 11.8 Å². The number of fused-ring (bicyclic) bond motifs is 1. The molecule has 154 valence electrons. The predicted molar refractivity (Wildman–Crippen MR) is 119 cm³/mol. The molecular formula is C22H29N5OS. The first-order chi connectivity index (χ1) is 14.0. The molecular weight excluding hydrogens is 382 g/mol. The molecule has 0 radical (unpaired) electrons. The van der Waals surface area contributed by atoms with Crippen LogP contribution in [0, 0.1) is 5.92 Å². The van der Waals surface area contributed by atoms with Crippen molar-refractivity contribution in [3.8, 4) is 0 Å². The molecule has 0 saturated heterocycles. The van der Waals surface area contributed by atoms with Crippen molar-refractivity contribution in [1.29, 1.82) is 0 Å². The quantitative estimate of drug-likeness (QED) is 0.706. The standard InChI is InChI=1S/C22H29N5OS/c1-5-26(6-2)16-10-8-15(9-11-16)20-19-17(12-14(4)13-18(19)28)23-21-24-22(29-7-3)25-27(20)21/h8-11,14,20H,5-7,12-13H2,1-4H3,(H,23,24,25)/t14-,20+/m1/s1. The monoisotopic (exact) mass is 411 g/mol. The van der Waals surface area contributed by atoms with Crippen molar-refractivity contribution in [3.63, 3.8) is 0 Å². The second kappa shape index (κ2) is 8.22. The van der Waals surface area contributed by atoms with Gasteiger partial charge in [-0.05, 0) is 49.6 Å². The van der Waals surface area contributed by atoms with E-state index in [0.29, 0.717) is 12.3 Å². The zero-order valence-corrected chi connectivity index (χ0v) is 18.4. The van der Waals surface area contributed by atoms with Gasteiger partial charge >= 0.3 is 0 Å². The lowest BCUT2D eigenvalue weighted by atomic mass is 9.81. The van der Waals surface area contributed by atoms with Crippen molar-refractivity contribution >= 4 is 29.2 Å². The van der Waals surface area contributed by atoms with E-state index in [4.69, 9.17) is 5.10 Å². The average Bonchev–Trinajstić information content (AvgIpc) is 3.10. The minimum Gasteiger partial charge on any atom is -0.372 e. The second-order valence-corrected chi connectivity index (χ2v) is 8.95. The molecule has 1 aromatic carbocycles. The van der Waals surface area contributed by atoms with E-state index in [-0.39, 0.29) is 11.8 Å². The number of rotatable bonds is 6. The first-order valence-electron chi connectivity index (χ1n) is 10.5. The number of anilines is 2. The number of Topliss-reactive ketones (excluding diaryl/α,β-unsaturated/α-hetero) is 1. The molecule has 1 aromatic heterocycles. The van der Waals surface area contributed by atoms with Gasteiger partial charge in [-0.2, -0.15) is 4.98 Å². The van der Waals surface area contributed by atoms with Crippen LogP contribution in [0.3, 0.4) is 0 Å². The van der Waals surface area contributed by atoms with Gasteiger partial charge in [-0.25, -0.2) is 4.68 Å². The normalized spacial score (nSPS) is 20.9. The zero-order valence-electron chi connectivity index (χ0n) is 17.6. The van der Waals surface area contributed by atoms with Crippen molar-refractivity contribution in [2.75, 3.05) is 29.1 Å². The number of hydrogen-bond acceptors (Lipinski definition) is 6. The van der Waals surface area contributed by atoms with E-state index in [2.05, 4.69) is 67.2 Å². The van der Waals surface area contributed by atoms with Gasteiger partial charge in [0.05, 0.1) is 0 Å². The third-order valence-corrected chi connectivity index (χ3v) is 6.44. The third kappa shape index (κ3) is 3.68. The number of hydrogen-bond donors (Lipinski definition) is 1. The molecule has 29 heavy (non-hydrogen) atoms. The summed E-state index contributed by atoms with van der Waals surface area (Å²) in [4.78, 5) is 20.1. The summed E-state index contributed by atoms with van der Waals surface area (Å²) in [6.45, 7) is 10.5. The molecule has 1 N–H and O–H groups in total. The number of ketones is 1. The van der Waals surface area contributed by atoms with Crippen LogP contribution >= 0.6 is 11.8 Å². The Bertz CT molecular complexity index is 929. The van der Waals surface area contributed by atoms with Crippen LogP contribution in [0.5, 0.6) is 0 Å². The number of thioether (sulfide) groups is 1. The van der Waals surface area contributed by atoms with Gasteiger partial charge in [-0.3, -0.25) is 4.79 Å². The summed E-state index contributed by atoms with van der Waals surface area (Å²) >= 11 is 1.62. The molecule has 2 aliphatic rings. The summed E-state index contributed by atoms with van der Waals surface area (Å²) in [5.74, 6) is 2.21. The zero-order chi connectivity index (χ0) is 20.5. The Hall–Kier alpha value is -2.28. The fourth-order valence-corrected chi connectivity index (χ4v) is 4.90. The number of nitrogens with one attached hydrogen (secondary N) is 1. The molecule has 2 atom stereocenters. The number of carbonyl (C=O) groups excluding carboxylic acids is 1. The van der Waals surface area contributed by atoms with E-state index in [1.807, 2.05) is 4.68 Å². The maximum Gasteiger partial charge on any atom is 0.227 e. The minimum atomic E-state index is -0.217. The Labute approximate surface area is 176 Å². The van der Waals surface area contributed by atoms with Crippen LogP contribution < -0.4 is 10.2 Å². The molecule has 6 nitrogen and oxygen atoms in total. The highest BCUT2D eigenvalue weighted by molar-refractivity contribution is 7.99. The number of nitrogens with zero attached hydrogens (tertiary/aromatic N) is 4. The van der Waals surface area contributed by atoms with Gasteiger partial charge in [0.2, 0.25) is 11.1 Å². The first-order valence-corrected chi connectivity index (χ1v) is 11.5. The van der Waals surface area contributed by atoms with Crippen LogP contribution in [0.15, 0.2) is 40.7 Å². The predicted octanol–water partition coefficient (Wildman–Crippen LogP) is 4.50. The Morgan fingerprint density at radius 1 is 1.17 bits per heavy atom. The third-order valence-electron chi connectivity index (χ3n) is 5.72. The van der Waals surface area contributed by atoms with Gasteiger partial charge in [-0.1, -0.05) is 37.7 Å². The molecule has 0 bridgehead atoms. The van der Waals surface area contributed by atoms with Gasteiger partial charge in [0.15, 0.2) is 5.78 Å². The van der Waals surface area contributed by atoms with Gasteiger partial charge in [0.25, 0.3) is 0 Å². The highest BCUT2D eigenvalue weighted by Crippen LogP contribution is 2.42. The average molecular weight is 412 g/mol. The van der Waals surface area contributed by atoms with Crippen LogP contribution in [0.4, 0.5) is 11.6 Å². The van der Waals surface area contributed by atoms with Crippen molar-refractivity contribution in [1.82, 2.24) is 14.8 Å². The van der Waals surface area contributed by atoms with Gasteiger partial charge in [0, 0.05) is 36.5 Å². The van der Waals surface area contributed by atoms with Crippen LogP contribution in [-0.2, 0) is 4.79 Å². The van der Waals surface area contributed by atoms with E-state index < -0.39 is 0 Å². The maximum atomic E-state index is 13.1. The molecule has 1 aliphatic heterocycles. The topological polar surface area (TPSA) is 63.1 Å². The molecule has 4 rings (SSSR count). The molecule has 2 aromatic rings. The van der Waals surface area contributed by atoms with Crippen LogP contribution in [0.2, 0.25) is 0 Å². The summed E-state index contributed by atoms with van der Waals surface area (Å²) < 4.78 is 1.90. The summed E-state index contributed by atoms with van der Waals surface area (Å²) in [6, 6.07) is 8.36. The number of allylic oxidation sites excluding steroid dienone is 2. The number of aromatic nitrogens is 3. The molecule has 0 saturated carbocycles. The Balaban J connectivity index is 1.79. The lowest BCUT2D eigenvalue weighted by Crippen LogP contribution is -2.33. The fourth-order valence-electron chi connectivity index (χ4n) is 4.34. The highest BCUT2D eigenvalue weighted by Gasteiger charge is 2.38. The summed E-state index contributed by atoms with van der Waals surface area (Å²) in [5, 5.41) is 8.90. The number of benzene rings is 1. The van der Waals surface area contributed by atoms with Crippen molar-refractivity contribution < 1.29 is 4.79 Å². The molecule has 2 heterocycles. The van der Waals surface area contributed by atoms with Crippen molar-refractivity contribution in [2.45, 2.75) is 51.7 Å². The van der Waals surface area contributed by atoms with Gasteiger partial charge in [0.1, 0.15) is 6.04 Å². The molecule has 0 amide bonds. The summed E-state index contributed by atoms with van der Waals surface area (Å²) in [7, 11) is 0. The summed E-state index contributed by atoms with van der Waals surface area (Å²) in [5.41, 5.74) is 4.15. The van der Waals surface area contributed by atoms with E-state index in [9.17, 15) is 4.79 Å². The molecule has 0 unspecified atom stereocenters.